The Kier molecular flexibility index (Phi) is 3.50. The van der Waals surface area contributed by atoms with Crippen molar-refractivity contribution in [2.45, 2.75) is 6.42 Å². The molecule has 0 unspecified atom stereocenters. The molecule has 3 rings (SSSR count). The molecule has 0 N–H and O–H groups in total. The molecule has 0 amide bonds. The van der Waals surface area contributed by atoms with Gasteiger partial charge in [0.15, 0.2) is 11.7 Å². The van der Waals surface area contributed by atoms with Crippen LogP contribution in [-0.2, 0) is 6.42 Å². The van der Waals surface area contributed by atoms with Crippen molar-refractivity contribution in [3.8, 4) is 17.1 Å². The molecule has 0 saturated carbocycles. The van der Waals surface area contributed by atoms with Gasteiger partial charge in [0.2, 0.25) is 0 Å². The maximum absolute atomic E-state index is 5.80. The topological polar surface area (TPSA) is 35.3 Å². The van der Waals surface area contributed by atoms with Gasteiger partial charge in [-0.1, -0.05) is 42.5 Å². The van der Waals surface area contributed by atoms with Crippen molar-refractivity contribution in [1.82, 2.24) is 4.98 Å². The molecule has 0 atom stereocenters. The summed E-state index contributed by atoms with van der Waals surface area (Å²) in [7, 11) is 1.66. The minimum absolute atomic E-state index is 0.657. The Hall–Kier alpha value is -2.55. The summed E-state index contributed by atoms with van der Waals surface area (Å²) in [6.07, 6.45) is 2.43. The lowest BCUT2D eigenvalue weighted by molar-refractivity contribution is 0.414. The molecule has 0 aliphatic carbocycles. The molecule has 3 heteroatoms. The third-order valence-corrected chi connectivity index (χ3v) is 3.10. The predicted molar refractivity (Wildman–Crippen MR) is 77.7 cm³/mol. The number of rotatable bonds is 4. The van der Waals surface area contributed by atoms with Crippen molar-refractivity contribution in [3.63, 3.8) is 0 Å². The molecule has 0 radical (unpaired) electrons. The number of hydrogen-bond acceptors (Lipinski definition) is 3. The van der Waals surface area contributed by atoms with Crippen LogP contribution in [0.4, 0.5) is 0 Å². The normalized spacial score (nSPS) is 10.4. The highest BCUT2D eigenvalue weighted by atomic mass is 16.5. The van der Waals surface area contributed by atoms with Crippen LogP contribution in [0.25, 0.3) is 11.3 Å². The Balaban J connectivity index is 1.80. The van der Waals surface area contributed by atoms with E-state index < -0.39 is 0 Å². The lowest BCUT2D eigenvalue weighted by Crippen LogP contribution is -1.89. The van der Waals surface area contributed by atoms with Gasteiger partial charge in [-0.15, -0.1) is 0 Å². The van der Waals surface area contributed by atoms with Crippen LogP contribution in [0.5, 0.6) is 5.75 Å². The molecule has 3 nitrogen and oxygen atoms in total. The molecule has 0 spiro atoms. The largest absolute Gasteiger partial charge is 0.497 e. The van der Waals surface area contributed by atoms with Gasteiger partial charge in [0.25, 0.3) is 0 Å². The number of nitrogens with zero attached hydrogens (tertiary/aromatic N) is 1. The summed E-state index contributed by atoms with van der Waals surface area (Å²) in [5.41, 5.74) is 2.16. The van der Waals surface area contributed by atoms with Crippen LogP contribution in [0, 0.1) is 0 Å². The summed E-state index contributed by atoms with van der Waals surface area (Å²) < 4.78 is 11.0. The maximum Gasteiger partial charge on any atom is 0.199 e. The van der Waals surface area contributed by atoms with Gasteiger partial charge in [0, 0.05) is 12.0 Å². The fourth-order valence-corrected chi connectivity index (χ4v) is 2.08. The van der Waals surface area contributed by atoms with Crippen molar-refractivity contribution in [2.75, 3.05) is 7.11 Å². The first-order chi connectivity index (χ1) is 9.85. The fraction of sp³-hybridized carbons (Fsp3) is 0.118. The van der Waals surface area contributed by atoms with Crippen LogP contribution in [-0.4, -0.2) is 12.1 Å². The smallest absolute Gasteiger partial charge is 0.199 e. The average Bonchev–Trinajstić information content (AvgIpc) is 2.97. The first kappa shape index (κ1) is 12.5. The van der Waals surface area contributed by atoms with E-state index in [1.165, 1.54) is 0 Å². The van der Waals surface area contributed by atoms with Crippen molar-refractivity contribution >= 4 is 0 Å². The molecule has 0 saturated heterocycles. The van der Waals surface area contributed by atoms with Crippen molar-refractivity contribution in [1.29, 1.82) is 0 Å². The zero-order valence-electron chi connectivity index (χ0n) is 11.2. The molecule has 100 valence electrons. The Morgan fingerprint density at radius 2 is 1.90 bits per heavy atom. The van der Waals surface area contributed by atoms with Crippen LogP contribution >= 0.6 is 0 Å². The fourth-order valence-electron chi connectivity index (χ4n) is 2.08. The van der Waals surface area contributed by atoms with Crippen LogP contribution in [0.1, 0.15) is 11.5 Å². The molecular weight excluding hydrogens is 250 g/mol. The minimum Gasteiger partial charge on any atom is -0.497 e. The van der Waals surface area contributed by atoms with Gasteiger partial charge < -0.3 is 9.15 Å². The lowest BCUT2D eigenvalue weighted by Gasteiger charge is -2.02. The van der Waals surface area contributed by atoms with Crippen LogP contribution in [0.15, 0.2) is 65.2 Å². The molecular formula is C17H15NO2. The Bertz CT molecular complexity index is 689. The van der Waals surface area contributed by atoms with E-state index in [4.69, 9.17) is 9.15 Å². The van der Waals surface area contributed by atoms with Crippen LogP contribution in [0.2, 0.25) is 0 Å². The lowest BCUT2D eigenvalue weighted by atomic mass is 10.1. The summed E-state index contributed by atoms with van der Waals surface area (Å²) >= 11 is 0. The summed E-state index contributed by atoms with van der Waals surface area (Å²) in [5.74, 6) is 2.35. The predicted octanol–water partition coefficient (Wildman–Crippen LogP) is 3.94. The number of methoxy groups -OCH3 is 1. The van der Waals surface area contributed by atoms with E-state index in [1.807, 2.05) is 54.6 Å². The van der Waals surface area contributed by atoms with Crippen LogP contribution < -0.4 is 4.74 Å². The maximum atomic E-state index is 5.80. The molecule has 1 heterocycles. The SMILES string of the molecule is COc1cccc(Cc2ncc(-c3ccccc3)o2)c1. The molecule has 3 aromatic rings. The molecule has 0 fully saturated rings. The van der Waals surface area contributed by atoms with E-state index in [-0.39, 0.29) is 0 Å². The monoisotopic (exact) mass is 265 g/mol. The average molecular weight is 265 g/mol. The van der Waals surface area contributed by atoms with Crippen molar-refractivity contribution < 1.29 is 9.15 Å². The standard InChI is InChI=1S/C17H15NO2/c1-19-15-9-5-6-13(10-15)11-17-18-12-16(20-17)14-7-3-2-4-8-14/h2-10,12H,11H2,1H3. The molecule has 20 heavy (non-hydrogen) atoms. The summed E-state index contributed by atoms with van der Waals surface area (Å²) in [4.78, 5) is 4.34. The third kappa shape index (κ3) is 2.72. The van der Waals surface area contributed by atoms with E-state index in [1.54, 1.807) is 13.3 Å². The Morgan fingerprint density at radius 1 is 1.05 bits per heavy atom. The number of hydrogen-bond donors (Lipinski definition) is 0. The molecule has 1 aromatic heterocycles. The highest BCUT2D eigenvalue weighted by Crippen LogP contribution is 2.22. The third-order valence-electron chi connectivity index (χ3n) is 3.10. The van der Waals surface area contributed by atoms with Gasteiger partial charge in [0.1, 0.15) is 5.75 Å². The molecule has 0 aliphatic heterocycles. The van der Waals surface area contributed by atoms with Gasteiger partial charge >= 0.3 is 0 Å². The zero-order chi connectivity index (χ0) is 13.8. The minimum atomic E-state index is 0.657. The van der Waals surface area contributed by atoms with Gasteiger partial charge in [-0.05, 0) is 17.7 Å². The first-order valence-electron chi connectivity index (χ1n) is 6.48. The van der Waals surface area contributed by atoms with E-state index in [0.717, 1.165) is 22.6 Å². The second-order valence-electron chi connectivity index (χ2n) is 4.51. The highest BCUT2D eigenvalue weighted by Gasteiger charge is 2.07. The Morgan fingerprint density at radius 3 is 2.70 bits per heavy atom. The second kappa shape index (κ2) is 5.61. The van der Waals surface area contributed by atoms with Gasteiger partial charge in [-0.25, -0.2) is 4.98 Å². The molecule has 2 aromatic carbocycles. The quantitative estimate of drug-likeness (QED) is 0.716. The van der Waals surface area contributed by atoms with Crippen molar-refractivity contribution in [2.24, 2.45) is 0 Å². The van der Waals surface area contributed by atoms with Gasteiger partial charge in [-0.2, -0.15) is 0 Å². The number of benzene rings is 2. The van der Waals surface area contributed by atoms with E-state index in [9.17, 15) is 0 Å². The van der Waals surface area contributed by atoms with Gasteiger partial charge in [0.05, 0.1) is 13.3 Å². The summed E-state index contributed by atoms with van der Waals surface area (Å²) in [5, 5.41) is 0. The zero-order valence-corrected chi connectivity index (χ0v) is 11.2. The summed E-state index contributed by atoms with van der Waals surface area (Å²) in [6, 6.07) is 17.9. The van der Waals surface area contributed by atoms with Gasteiger partial charge in [-0.3, -0.25) is 0 Å². The van der Waals surface area contributed by atoms with Crippen LogP contribution in [0.3, 0.4) is 0 Å². The summed E-state index contributed by atoms with van der Waals surface area (Å²) in [6.45, 7) is 0. The molecule has 0 aliphatic rings. The van der Waals surface area contributed by atoms with Crippen molar-refractivity contribution in [3.05, 3.63) is 72.2 Å². The number of oxazole rings is 1. The molecule has 0 bridgehead atoms. The second-order valence-corrected chi connectivity index (χ2v) is 4.51. The first-order valence-corrected chi connectivity index (χ1v) is 6.48. The Labute approximate surface area is 117 Å². The van der Waals surface area contributed by atoms with E-state index in [0.29, 0.717) is 12.3 Å². The highest BCUT2D eigenvalue weighted by molar-refractivity contribution is 5.55. The number of ether oxygens (including phenoxy) is 1. The van der Waals surface area contributed by atoms with E-state index in [2.05, 4.69) is 4.98 Å². The van der Waals surface area contributed by atoms with E-state index >= 15 is 0 Å². The number of aromatic nitrogens is 1.